The molecular formula is C31H27N9O. The number of nitrogens with one attached hydrogen (secondary N) is 3. The van der Waals surface area contributed by atoms with Crippen molar-refractivity contribution in [3.8, 4) is 16.9 Å². The van der Waals surface area contributed by atoms with Crippen molar-refractivity contribution in [2.75, 3.05) is 7.11 Å². The molecule has 9 N–H and O–H groups in total. The summed E-state index contributed by atoms with van der Waals surface area (Å²) >= 11 is 0. The second-order valence-electron chi connectivity index (χ2n) is 9.12. The van der Waals surface area contributed by atoms with E-state index in [1.807, 2.05) is 78.9 Å². The third kappa shape index (κ3) is 5.34. The van der Waals surface area contributed by atoms with Gasteiger partial charge in [0.15, 0.2) is 17.5 Å². The van der Waals surface area contributed by atoms with Crippen LogP contribution in [-0.4, -0.2) is 42.1 Å². The van der Waals surface area contributed by atoms with Crippen molar-refractivity contribution >= 4 is 35.0 Å². The average Bonchev–Trinajstić information content (AvgIpc) is 3.57. The van der Waals surface area contributed by atoms with E-state index in [-0.39, 0.29) is 17.5 Å². The SMILES string of the molecule is COc1ccc2c(c1)C(=N)N=C2N.N=C1N=C(N)c2ccc(-c3ccccc3)cc21.N=C1N=C(N)c2ccccc21. The largest absolute Gasteiger partial charge is 0.497 e. The molecule has 4 aromatic carbocycles. The maximum atomic E-state index is 7.75. The van der Waals surface area contributed by atoms with E-state index in [1.54, 1.807) is 19.2 Å². The molecule has 3 aliphatic rings. The van der Waals surface area contributed by atoms with E-state index in [4.69, 9.17) is 38.2 Å². The molecule has 7 rings (SSSR count). The molecule has 41 heavy (non-hydrogen) atoms. The second kappa shape index (κ2) is 11.1. The predicted molar refractivity (Wildman–Crippen MR) is 164 cm³/mol. The van der Waals surface area contributed by atoms with Gasteiger partial charge in [-0.25, -0.2) is 15.0 Å². The van der Waals surface area contributed by atoms with Gasteiger partial charge in [-0.1, -0.05) is 60.7 Å². The number of hydrogen-bond acceptors (Lipinski definition) is 7. The molecule has 0 bridgehead atoms. The highest BCUT2D eigenvalue weighted by molar-refractivity contribution is 6.22. The zero-order valence-corrected chi connectivity index (χ0v) is 22.1. The molecule has 0 fully saturated rings. The molecule has 4 aromatic rings. The van der Waals surface area contributed by atoms with Gasteiger partial charge in [0.1, 0.15) is 23.3 Å². The molecule has 0 atom stereocenters. The lowest BCUT2D eigenvalue weighted by molar-refractivity contribution is 0.414. The predicted octanol–water partition coefficient (Wildman–Crippen LogP) is 3.87. The maximum absolute atomic E-state index is 7.75. The van der Waals surface area contributed by atoms with Gasteiger partial charge < -0.3 is 21.9 Å². The lowest BCUT2D eigenvalue weighted by Gasteiger charge is -2.04. The Morgan fingerprint density at radius 1 is 0.488 bits per heavy atom. The van der Waals surface area contributed by atoms with Crippen LogP contribution in [0.3, 0.4) is 0 Å². The molecule has 3 aliphatic heterocycles. The molecule has 10 nitrogen and oxygen atoms in total. The van der Waals surface area contributed by atoms with Crippen molar-refractivity contribution in [2.24, 2.45) is 32.2 Å². The molecule has 0 saturated heterocycles. The van der Waals surface area contributed by atoms with Crippen LogP contribution in [0.2, 0.25) is 0 Å². The van der Waals surface area contributed by atoms with Crippen molar-refractivity contribution in [1.82, 2.24) is 0 Å². The Balaban J connectivity index is 0.000000127. The summed E-state index contributed by atoms with van der Waals surface area (Å²) in [5, 5.41) is 22.7. The number of fused-ring (bicyclic) bond motifs is 3. The van der Waals surface area contributed by atoms with Crippen molar-refractivity contribution in [2.45, 2.75) is 0 Å². The number of benzene rings is 4. The van der Waals surface area contributed by atoms with Crippen molar-refractivity contribution in [3.05, 3.63) is 124 Å². The standard InChI is InChI=1S/C14H11N3.C9H9N3O.C8H7N3/c15-13-11-7-6-10(8-12(11)14(16)17-13)9-4-2-1-3-5-9;1-13-5-2-3-6-7(4-5)9(11)12-8(6)10;9-7-5-3-1-2-4-6(5)8(10)11-7/h1-8H,(H3,15,16,17);2-4H,1H3,(H3,10,11,12);1-4H,(H3,9,10,11). The van der Waals surface area contributed by atoms with E-state index in [9.17, 15) is 0 Å². The molecule has 10 heteroatoms. The van der Waals surface area contributed by atoms with Crippen molar-refractivity contribution in [1.29, 1.82) is 16.2 Å². The van der Waals surface area contributed by atoms with Gasteiger partial charge in [0.2, 0.25) is 0 Å². The number of ether oxygens (including phenoxy) is 1. The minimum Gasteiger partial charge on any atom is -0.497 e. The first-order valence-electron chi connectivity index (χ1n) is 12.5. The highest BCUT2D eigenvalue weighted by atomic mass is 16.5. The average molecular weight is 542 g/mol. The Hall–Kier alpha value is -5.90. The van der Waals surface area contributed by atoms with Crippen molar-refractivity contribution in [3.63, 3.8) is 0 Å². The fourth-order valence-corrected chi connectivity index (χ4v) is 4.48. The van der Waals surface area contributed by atoms with Gasteiger partial charge in [-0.2, -0.15) is 0 Å². The van der Waals surface area contributed by atoms with Crippen LogP contribution >= 0.6 is 0 Å². The number of nitrogens with zero attached hydrogens (tertiary/aromatic N) is 3. The molecule has 0 unspecified atom stereocenters. The van der Waals surface area contributed by atoms with Gasteiger partial charge in [0.05, 0.1) is 7.11 Å². The van der Waals surface area contributed by atoms with Crippen LogP contribution in [0.4, 0.5) is 0 Å². The van der Waals surface area contributed by atoms with Crippen LogP contribution in [0.5, 0.6) is 5.75 Å². The van der Waals surface area contributed by atoms with Gasteiger partial charge in [-0.3, -0.25) is 16.2 Å². The highest BCUT2D eigenvalue weighted by Crippen LogP contribution is 2.25. The van der Waals surface area contributed by atoms with Gasteiger partial charge in [-0.15, -0.1) is 0 Å². The molecule has 202 valence electrons. The first-order valence-corrected chi connectivity index (χ1v) is 12.5. The van der Waals surface area contributed by atoms with Gasteiger partial charge in [0.25, 0.3) is 0 Å². The summed E-state index contributed by atoms with van der Waals surface area (Å²) in [5.41, 5.74) is 24.0. The molecule has 3 heterocycles. The molecular weight excluding hydrogens is 514 g/mol. The zero-order valence-electron chi connectivity index (χ0n) is 22.1. The lowest BCUT2D eigenvalue weighted by atomic mass is 9.99. The summed E-state index contributed by atoms with van der Waals surface area (Å²) in [6, 6.07) is 28.9. The quantitative estimate of drug-likeness (QED) is 0.224. The Kier molecular flexibility index (Phi) is 7.21. The van der Waals surface area contributed by atoms with E-state index in [0.29, 0.717) is 23.3 Å². The van der Waals surface area contributed by atoms with E-state index < -0.39 is 0 Å². The number of amidine groups is 6. The van der Waals surface area contributed by atoms with E-state index in [0.717, 1.165) is 44.5 Å². The topological polar surface area (TPSA) is 196 Å². The monoisotopic (exact) mass is 541 g/mol. The zero-order chi connectivity index (χ0) is 29.1. The lowest BCUT2D eigenvalue weighted by Crippen LogP contribution is -2.10. The van der Waals surface area contributed by atoms with E-state index >= 15 is 0 Å². The summed E-state index contributed by atoms with van der Waals surface area (Å²) in [4.78, 5) is 11.7. The summed E-state index contributed by atoms with van der Waals surface area (Å²) < 4.78 is 5.03. The van der Waals surface area contributed by atoms with E-state index in [1.165, 1.54) is 0 Å². The minimum atomic E-state index is 0.200. The molecule has 0 radical (unpaired) electrons. The van der Waals surface area contributed by atoms with Crippen LogP contribution in [0.15, 0.2) is 106 Å². The normalized spacial score (nSPS) is 13.9. The van der Waals surface area contributed by atoms with E-state index in [2.05, 4.69) is 15.0 Å². The Bertz CT molecular complexity index is 1800. The highest BCUT2D eigenvalue weighted by Gasteiger charge is 2.19. The minimum absolute atomic E-state index is 0.200. The van der Waals surface area contributed by atoms with Gasteiger partial charge in [0, 0.05) is 33.4 Å². The molecule has 0 saturated carbocycles. The van der Waals surface area contributed by atoms with Crippen LogP contribution in [0, 0.1) is 16.2 Å². The number of aliphatic imine (C=N–C) groups is 3. The smallest absolute Gasteiger partial charge is 0.155 e. The molecule has 0 amide bonds. The Morgan fingerprint density at radius 3 is 1.51 bits per heavy atom. The molecule has 0 aromatic heterocycles. The summed E-state index contributed by atoms with van der Waals surface area (Å²) in [7, 11) is 1.59. The van der Waals surface area contributed by atoms with Gasteiger partial charge in [-0.05, 0) is 41.5 Å². The third-order valence-electron chi connectivity index (χ3n) is 6.57. The number of rotatable bonds is 2. The Morgan fingerprint density at radius 2 is 0.951 bits per heavy atom. The summed E-state index contributed by atoms with van der Waals surface area (Å²) in [5.74, 6) is 2.71. The second-order valence-corrected chi connectivity index (χ2v) is 9.12. The number of methoxy groups -OCH3 is 1. The number of nitrogens with two attached hydrogens (primary N) is 3. The van der Waals surface area contributed by atoms with Crippen molar-refractivity contribution < 1.29 is 4.74 Å². The third-order valence-corrected chi connectivity index (χ3v) is 6.57. The fraction of sp³-hybridized carbons (Fsp3) is 0.0323. The summed E-state index contributed by atoms with van der Waals surface area (Å²) in [6.45, 7) is 0. The number of hydrogen-bond donors (Lipinski definition) is 6. The van der Waals surface area contributed by atoms with Gasteiger partial charge >= 0.3 is 0 Å². The first kappa shape index (κ1) is 26.7. The van der Waals surface area contributed by atoms with Crippen LogP contribution < -0.4 is 21.9 Å². The molecule has 0 aliphatic carbocycles. The maximum Gasteiger partial charge on any atom is 0.155 e. The Labute approximate surface area is 236 Å². The van der Waals surface area contributed by atoms with Crippen LogP contribution in [0.25, 0.3) is 11.1 Å². The summed E-state index contributed by atoms with van der Waals surface area (Å²) in [6.07, 6.45) is 0. The fourth-order valence-electron chi connectivity index (χ4n) is 4.48. The van der Waals surface area contributed by atoms with Crippen LogP contribution in [-0.2, 0) is 0 Å². The van der Waals surface area contributed by atoms with Crippen LogP contribution in [0.1, 0.15) is 33.4 Å². The molecule has 0 spiro atoms. The first-order chi connectivity index (χ1) is 19.8.